The molecule has 11 saturated heterocycles. The molecule has 0 radical (unpaired) electrons. The van der Waals surface area contributed by atoms with Crippen molar-refractivity contribution in [1.82, 2.24) is 26.6 Å². The number of carbonyl (C=O) groups is 5. The van der Waals surface area contributed by atoms with E-state index in [4.69, 9.17) is 99.5 Å². The highest BCUT2D eigenvalue weighted by molar-refractivity contribution is 5.75. The molecule has 137 heavy (non-hydrogen) atoms. The van der Waals surface area contributed by atoms with Gasteiger partial charge in [0.15, 0.2) is 69.2 Å². The second kappa shape index (κ2) is 49.5. The number of nitrogens with one attached hydrogen (secondary N) is 5. The zero-order valence-corrected chi connectivity index (χ0v) is 73.6. The maximum absolute atomic E-state index is 13.4. The molecular formula is C76H127N5O56. The summed E-state index contributed by atoms with van der Waals surface area (Å²) in [5.41, 5.74) is 0. The molecule has 11 rings (SSSR count). The molecule has 55 atom stereocenters. The normalized spacial score (nSPS) is 48.9. The van der Waals surface area contributed by atoms with Crippen LogP contribution in [0, 0.1) is 0 Å². The molecule has 61 nitrogen and oxygen atoms in total. The molecule has 0 aromatic rings. The van der Waals surface area contributed by atoms with Gasteiger partial charge in [0.1, 0.15) is 268 Å². The molecule has 35 N–H and O–H groups in total. The molecule has 0 bridgehead atoms. The molecule has 11 heterocycles. The summed E-state index contributed by atoms with van der Waals surface area (Å²) in [7, 11) is 0. The third-order valence-electron chi connectivity index (χ3n) is 25.0. The third kappa shape index (κ3) is 25.0. The average molecular weight is 2010 g/mol. The summed E-state index contributed by atoms with van der Waals surface area (Å²) in [5.74, 6) is -4.88. The van der Waals surface area contributed by atoms with Gasteiger partial charge in [-0.2, -0.15) is 0 Å². The van der Waals surface area contributed by atoms with Crippen molar-refractivity contribution in [2.24, 2.45) is 0 Å². The lowest BCUT2D eigenvalue weighted by atomic mass is 9.93. The second-order valence-electron chi connectivity index (χ2n) is 34.5. The Kier molecular flexibility index (Phi) is 40.7. The molecule has 0 saturated carbocycles. The minimum absolute atomic E-state index is 0.827. The van der Waals surface area contributed by atoms with Crippen LogP contribution in [-0.4, -0.2) is 593 Å². The minimum Gasteiger partial charge on any atom is -0.394 e. The summed E-state index contributed by atoms with van der Waals surface area (Å²) in [4.78, 5) is 65.1. The second-order valence-corrected chi connectivity index (χ2v) is 34.5. The number of rotatable bonds is 36. The maximum Gasteiger partial charge on any atom is 0.217 e. The fourth-order valence-corrected chi connectivity index (χ4v) is 17.8. The van der Waals surface area contributed by atoms with Crippen molar-refractivity contribution in [1.29, 1.82) is 0 Å². The van der Waals surface area contributed by atoms with E-state index in [9.17, 15) is 177 Å². The lowest BCUT2D eigenvalue weighted by Gasteiger charge is -2.51. The number of ether oxygens (including phenoxy) is 21. The van der Waals surface area contributed by atoms with Crippen LogP contribution in [0.2, 0.25) is 0 Å². The predicted molar refractivity (Wildman–Crippen MR) is 420 cm³/mol. The third-order valence-corrected chi connectivity index (χ3v) is 25.0. The Balaban J connectivity index is 0.975. The van der Waals surface area contributed by atoms with Gasteiger partial charge in [-0.25, -0.2) is 0 Å². The molecule has 0 unspecified atom stereocenters. The van der Waals surface area contributed by atoms with E-state index in [1.807, 2.05) is 0 Å². The summed E-state index contributed by atoms with van der Waals surface area (Å²) in [6.45, 7) is -8.37. The first-order valence-electron chi connectivity index (χ1n) is 43.7. The van der Waals surface area contributed by atoms with E-state index in [1.54, 1.807) is 0 Å². The first-order chi connectivity index (χ1) is 64.9. The maximum atomic E-state index is 13.4. The van der Waals surface area contributed by atoms with Crippen molar-refractivity contribution < 1.29 is 277 Å². The monoisotopic (exact) mass is 2010 g/mol. The molecule has 0 spiro atoms. The van der Waals surface area contributed by atoms with E-state index < -0.39 is 440 Å². The Morgan fingerprint density at radius 3 is 0.701 bits per heavy atom. The van der Waals surface area contributed by atoms with Gasteiger partial charge in [0.2, 0.25) is 29.5 Å². The largest absolute Gasteiger partial charge is 0.394 e. The number of carbonyl (C=O) groups excluding carboxylic acids is 5. The SMILES string of the molecule is CC(=O)N[C@@H]1[C@@H](O)[C@H](O[C@@H]2O[C@H](CO)[C@@H](O[C@@H]3O[C@H](CO[C@H]4O[C@H](CO)[C@@H](O[C@@H]5O[C@H](CO)[C@@H](O[C@@H]6O[C@H](CO)[C@H](O)[C@H](O)[C@H]6O)[C@H](O)[C@H]5NC(C)=O)[C@H](O)[C@@H]4O[C@@H]4O[C@H](CO)[C@@H](O[C@@H]5O[C@H](CO)[C@H](O)[C@H](O)[C@@H]5O)[C@H](O)[C@H]4NC(C)=O)[C@@H](O)[C@H](O[C@H]4O[C@H](CO)[C@@H](O)[C@H](O)[C@@H]4O[C@@H]4O[C@H](CO)[C@@H](O[C@@H]5O[C@H](CO)[C@H](O)[C@H](O)[C@H]5O)[C@H](O)[C@H]4NC(C)=O)[C@@H]3O)[C@H](O)[C@H]2NC(C)=O)[C@@H](CO)O[C@H]1O. The zero-order chi connectivity index (χ0) is 101. The van der Waals surface area contributed by atoms with Crippen molar-refractivity contribution in [2.45, 2.75) is 372 Å². The van der Waals surface area contributed by atoms with Crippen molar-refractivity contribution in [3.8, 4) is 0 Å². The smallest absolute Gasteiger partial charge is 0.217 e. The summed E-state index contributed by atoms with van der Waals surface area (Å²) in [5, 5.41) is 349. The van der Waals surface area contributed by atoms with Crippen LogP contribution in [0.4, 0.5) is 0 Å². The van der Waals surface area contributed by atoms with Crippen molar-refractivity contribution >= 4 is 29.5 Å². The minimum atomic E-state index is -2.70. The van der Waals surface area contributed by atoms with E-state index in [0.717, 1.165) is 34.6 Å². The quantitative estimate of drug-likeness (QED) is 0.0277. The van der Waals surface area contributed by atoms with E-state index in [2.05, 4.69) is 26.6 Å². The molecule has 11 aliphatic rings. The number of amides is 5. The molecule has 61 heteroatoms. The summed E-state index contributed by atoms with van der Waals surface area (Å²) in [6.07, 6.45) is -108. The van der Waals surface area contributed by atoms with Crippen LogP contribution in [-0.2, 0) is 123 Å². The first-order valence-corrected chi connectivity index (χ1v) is 43.7. The molecular weight excluding hydrogens is 1880 g/mol. The van der Waals surface area contributed by atoms with Gasteiger partial charge in [-0.15, -0.1) is 0 Å². The Morgan fingerprint density at radius 1 is 0.190 bits per heavy atom. The molecule has 0 aromatic heterocycles. The van der Waals surface area contributed by atoms with Gasteiger partial charge >= 0.3 is 0 Å². The van der Waals surface area contributed by atoms with Crippen LogP contribution in [0.15, 0.2) is 0 Å². The number of hydrogen-bond donors (Lipinski definition) is 35. The van der Waals surface area contributed by atoms with Gasteiger partial charge in [-0.05, 0) is 0 Å². The first kappa shape index (κ1) is 113. The molecule has 0 aromatic carbocycles. The average Bonchev–Trinajstić information content (AvgIpc) is 0.755. The van der Waals surface area contributed by atoms with Crippen LogP contribution < -0.4 is 26.6 Å². The highest BCUT2D eigenvalue weighted by Crippen LogP contribution is 2.42. The Labute approximate surface area is 775 Å². The molecule has 0 aliphatic carbocycles. The van der Waals surface area contributed by atoms with Crippen LogP contribution in [0.3, 0.4) is 0 Å². The Morgan fingerprint density at radius 2 is 0.401 bits per heavy atom. The van der Waals surface area contributed by atoms with Gasteiger partial charge in [0, 0.05) is 34.6 Å². The van der Waals surface area contributed by atoms with Gasteiger partial charge in [0.25, 0.3) is 0 Å². The topological polar surface area (TPSA) is 946 Å². The number of aliphatic hydroxyl groups excluding tert-OH is 30. The number of hydrogen-bond acceptors (Lipinski definition) is 56. The van der Waals surface area contributed by atoms with E-state index in [-0.39, 0.29) is 0 Å². The molecule has 11 fully saturated rings. The van der Waals surface area contributed by atoms with E-state index in [1.165, 1.54) is 0 Å². The van der Waals surface area contributed by atoms with Crippen LogP contribution in [0.25, 0.3) is 0 Å². The van der Waals surface area contributed by atoms with Crippen LogP contribution in [0.5, 0.6) is 0 Å². The van der Waals surface area contributed by atoms with Gasteiger partial charge < -0.3 is 279 Å². The molecule has 792 valence electrons. The number of aliphatic hydroxyl groups is 30. The Hall–Kier alpha value is -4.69. The summed E-state index contributed by atoms with van der Waals surface area (Å²) >= 11 is 0. The van der Waals surface area contributed by atoms with Crippen molar-refractivity contribution in [2.75, 3.05) is 72.7 Å². The lowest BCUT2D eigenvalue weighted by molar-refractivity contribution is -0.401. The highest BCUT2D eigenvalue weighted by atomic mass is 16.8. The summed E-state index contributed by atoms with van der Waals surface area (Å²) in [6, 6.07) is -9.86. The zero-order valence-electron chi connectivity index (χ0n) is 73.6. The molecule has 5 amide bonds. The standard InChI is InChI=1S/C76H127N5O56/c1-17(92)77-33-43(102)57(26(10-86)118-66(33)116)129-67-34(78-18(2)93)45(104)61(30(14-90)123-67)134-74-56(115)63(135-76-64(51(110)41(100)25(9-85)122-76)136-69-36(80-20(4)95)46(105)59(28(12-88)125-69)132-72-53(112)49(108)39(98)23(7-83)120-72)42(101)32(128-74)16-117-75-65(137-70-37(81-21(5)96)47(106)60(29(13-89)126-70)133-73-54(113)50(109)40(99)24(8-84)121-73)55(114)62(31(15-91)127-75)130-68-35(79-19(3)94)44(103)58(27(11-87)124-68)131-71-52(111)48(107)38(97)22(6-82)119-71/h22-76,82-91,97-116H,6-16H2,1-5H3,(H,77,92)(H,78,93)(H,79,94)(H,80,95)(H,81,96)/t22-,23-,24-,25-,26-,27-,28-,29-,30-,31-,32-,33-,34-,35-,36-,37-,38+,39+,40+,41-,42-,43-,44-,45-,46-,47-,48+,49+,50+,51+,52-,53-,54+,55+,56+,57-,58-,59-,60-,61-,62-,63+,64+,65+,66-,67+,68+,69+,70+,71+,72+,73+,74+,75+,76-/m1/s1. The predicted octanol–water partition coefficient (Wildman–Crippen LogP) is -24.3. The lowest BCUT2D eigenvalue weighted by Crippen LogP contribution is -2.71. The fourth-order valence-electron chi connectivity index (χ4n) is 17.8. The van der Waals surface area contributed by atoms with Gasteiger partial charge in [-0.3, -0.25) is 24.0 Å². The summed E-state index contributed by atoms with van der Waals surface area (Å²) < 4.78 is 126. The fraction of sp³-hybridized carbons (Fsp3) is 0.934. The van der Waals surface area contributed by atoms with Crippen LogP contribution >= 0.6 is 0 Å². The van der Waals surface area contributed by atoms with E-state index >= 15 is 0 Å². The van der Waals surface area contributed by atoms with Crippen molar-refractivity contribution in [3.63, 3.8) is 0 Å². The van der Waals surface area contributed by atoms with E-state index in [0.29, 0.717) is 0 Å². The molecule has 11 aliphatic heterocycles. The van der Waals surface area contributed by atoms with Gasteiger partial charge in [-0.1, -0.05) is 0 Å². The van der Waals surface area contributed by atoms with Gasteiger partial charge in [0.05, 0.1) is 72.7 Å². The van der Waals surface area contributed by atoms with Crippen LogP contribution in [0.1, 0.15) is 34.6 Å². The Bertz CT molecular complexity index is 3780. The van der Waals surface area contributed by atoms with Crippen molar-refractivity contribution in [3.05, 3.63) is 0 Å². The highest BCUT2D eigenvalue weighted by Gasteiger charge is 2.63.